The van der Waals surface area contributed by atoms with E-state index in [1.807, 2.05) is 24.3 Å². The molecule has 0 bridgehead atoms. The number of methoxy groups -OCH3 is 1. The summed E-state index contributed by atoms with van der Waals surface area (Å²) in [5.41, 5.74) is -0.157. The number of carbonyl (C=O) groups excluding carboxylic acids is 3. The second kappa shape index (κ2) is 8.52. The highest BCUT2D eigenvalue weighted by atomic mass is 19.1. The number of halogens is 1. The Morgan fingerprint density at radius 1 is 1.20 bits per heavy atom. The number of benzene rings is 2. The average Bonchev–Trinajstić information content (AvgIpc) is 2.96. The van der Waals surface area contributed by atoms with Gasteiger partial charge >= 0.3 is 6.03 Å². The van der Waals surface area contributed by atoms with Gasteiger partial charge in [-0.3, -0.25) is 9.59 Å². The van der Waals surface area contributed by atoms with Crippen LogP contribution in [0.2, 0.25) is 0 Å². The fourth-order valence-corrected chi connectivity index (χ4v) is 3.33. The number of carbonyl (C=O) groups is 3. The first-order valence-electron chi connectivity index (χ1n) is 9.59. The predicted octanol–water partition coefficient (Wildman–Crippen LogP) is 3.10. The van der Waals surface area contributed by atoms with Crippen LogP contribution in [-0.2, 0) is 16.0 Å². The predicted molar refractivity (Wildman–Crippen MR) is 110 cm³/mol. The quantitative estimate of drug-likeness (QED) is 0.683. The largest absolute Gasteiger partial charge is 0.497 e. The van der Waals surface area contributed by atoms with Crippen LogP contribution < -0.4 is 15.4 Å². The van der Waals surface area contributed by atoms with E-state index in [4.69, 9.17) is 4.74 Å². The molecule has 2 aromatic carbocycles. The molecule has 2 atom stereocenters. The van der Waals surface area contributed by atoms with Crippen LogP contribution in [0.25, 0.3) is 0 Å². The molecule has 8 heteroatoms. The van der Waals surface area contributed by atoms with Crippen molar-refractivity contribution in [1.82, 2.24) is 10.2 Å². The van der Waals surface area contributed by atoms with Crippen molar-refractivity contribution in [3.63, 3.8) is 0 Å². The smallest absolute Gasteiger partial charge is 0.325 e. The van der Waals surface area contributed by atoms with Crippen LogP contribution in [0.15, 0.2) is 48.5 Å². The molecule has 3 rings (SSSR count). The molecule has 1 heterocycles. The number of anilines is 1. The first kappa shape index (κ1) is 21.3. The van der Waals surface area contributed by atoms with Crippen LogP contribution in [0.4, 0.5) is 14.9 Å². The summed E-state index contributed by atoms with van der Waals surface area (Å²) < 4.78 is 18.9. The van der Waals surface area contributed by atoms with E-state index in [0.29, 0.717) is 12.8 Å². The summed E-state index contributed by atoms with van der Waals surface area (Å²) in [5.74, 6) is -1.00. The third-order valence-corrected chi connectivity index (χ3v) is 5.26. The van der Waals surface area contributed by atoms with E-state index in [1.54, 1.807) is 20.1 Å². The van der Waals surface area contributed by atoms with Crippen LogP contribution in [0, 0.1) is 5.82 Å². The summed E-state index contributed by atoms with van der Waals surface area (Å²) in [6.45, 7) is 3.07. The average molecular weight is 413 g/mol. The molecule has 1 saturated heterocycles. The minimum atomic E-state index is -1.14. The second-order valence-electron chi connectivity index (χ2n) is 7.43. The number of amides is 4. The topological polar surface area (TPSA) is 87.7 Å². The fraction of sp³-hybridized carbons (Fsp3) is 0.318. The third-order valence-electron chi connectivity index (χ3n) is 5.26. The maximum Gasteiger partial charge on any atom is 0.325 e. The van der Waals surface area contributed by atoms with E-state index >= 15 is 0 Å². The number of nitrogens with one attached hydrogen (secondary N) is 2. The summed E-state index contributed by atoms with van der Waals surface area (Å²) in [7, 11) is 1.58. The number of rotatable bonds is 7. The molecule has 4 amide bonds. The van der Waals surface area contributed by atoms with Gasteiger partial charge in [0.05, 0.1) is 12.8 Å². The minimum Gasteiger partial charge on any atom is -0.497 e. The molecule has 1 aliphatic heterocycles. The van der Waals surface area contributed by atoms with Crippen molar-refractivity contribution in [1.29, 1.82) is 0 Å². The van der Waals surface area contributed by atoms with Gasteiger partial charge in [-0.2, -0.15) is 0 Å². The Kier molecular flexibility index (Phi) is 6.05. The summed E-state index contributed by atoms with van der Waals surface area (Å²) in [5, 5.41) is 5.12. The fourth-order valence-electron chi connectivity index (χ4n) is 3.33. The summed E-state index contributed by atoms with van der Waals surface area (Å²) in [6, 6.07) is 11.4. The molecule has 158 valence electrons. The SMILES string of the molecule is COc1ccc(CC[C@]2(C)NC(=O)N([C@H](C)C(=O)Nc3ccccc3F)C2=O)cc1. The summed E-state index contributed by atoms with van der Waals surface area (Å²) in [4.78, 5) is 38.9. The lowest BCUT2D eigenvalue weighted by molar-refractivity contribution is -0.136. The Bertz CT molecular complexity index is 963. The van der Waals surface area contributed by atoms with Gasteiger partial charge in [0.15, 0.2) is 0 Å². The van der Waals surface area contributed by atoms with E-state index in [-0.39, 0.29) is 5.69 Å². The van der Waals surface area contributed by atoms with Gasteiger partial charge in [0, 0.05) is 0 Å². The Morgan fingerprint density at radius 2 is 1.87 bits per heavy atom. The van der Waals surface area contributed by atoms with E-state index in [1.165, 1.54) is 25.1 Å². The van der Waals surface area contributed by atoms with Crippen LogP contribution in [-0.4, -0.2) is 41.4 Å². The van der Waals surface area contributed by atoms with Crippen LogP contribution in [0.1, 0.15) is 25.8 Å². The molecule has 1 fully saturated rings. The molecule has 2 N–H and O–H groups in total. The van der Waals surface area contributed by atoms with Gasteiger partial charge in [-0.1, -0.05) is 24.3 Å². The molecule has 1 aliphatic rings. The zero-order valence-electron chi connectivity index (χ0n) is 17.1. The zero-order valence-corrected chi connectivity index (χ0v) is 17.1. The molecule has 7 nitrogen and oxygen atoms in total. The number of aryl methyl sites for hydroxylation is 1. The Hall–Kier alpha value is -3.42. The monoisotopic (exact) mass is 413 g/mol. The lowest BCUT2D eigenvalue weighted by Crippen LogP contribution is -2.48. The maximum atomic E-state index is 13.8. The first-order chi connectivity index (χ1) is 14.2. The highest BCUT2D eigenvalue weighted by Gasteiger charge is 2.50. The maximum absolute atomic E-state index is 13.8. The van der Waals surface area contributed by atoms with Crippen LogP contribution in [0.3, 0.4) is 0 Å². The molecule has 0 spiro atoms. The Balaban J connectivity index is 1.67. The van der Waals surface area contributed by atoms with Crippen molar-refractivity contribution in [3.8, 4) is 5.75 Å². The standard InChI is InChI=1S/C22H24FN3O4/c1-14(19(27)24-18-7-5-4-6-17(18)23)26-20(28)22(2,25-21(26)29)13-12-15-8-10-16(30-3)11-9-15/h4-11,14H,12-13H2,1-3H3,(H,24,27)(H,25,29)/t14-,22+/m1/s1. The number of ether oxygens (including phenoxy) is 1. The molecule has 0 unspecified atom stereocenters. The van der Waals surface area contributed by atoms with Gasteiger partial charge in [-0.25, -0.2) is 14.1 Å². The minimum absolute atomic E-state index is 0.0105. The number of urea groups is 1. The lowest BCUT2D eigenvalue weighted by atomic mass is 9.93. The van der Waals surface area contributed by atoms with Crippen molar-refractivity contribution >= 4 is 23.5 Å². The van der Waals surface area contributed by atoms with Gasteiger partial charge < -0.3 is 15.4 Å². The van der Waals surface area contributed by atoms with Gasteiger partial charge in [0.25, 0.3) is 5.91 Å². The van der Waals surface area contributed by atoms with Crippen molar-refractivity contribution in [2.45, 2.75) is 38.3 Å². The van der Waals surface area contributed by atoms with Crippen molar-refractivity contribution in [2.75, 3.05) is 12.4 Å². The molecule has 0 saturated carbocycles. The van der Waals surface area contributed by atoms with E-state index in [2.05, 4.69) is 10.6 Å². The first-order valence-corrected chi connectivity index (χ1v) is 9.59. The Morgan fingerprint density at radius 3 is 2.50 bits per heavy atom. The number of nitrogens with zero attached hydrogens (tertiary/aromatic N) is 1. The second-order valence-corrected chi connectivity index (χ2v) is 7.43. The molecule has 0 aromatic heterocycles. The lowest BCUT2D eigenvalue weighted by Gasteiger charge is -2.24. The van der Waals surface area contributed by atoms with Crippen LogP contribution in [0.5, 0.6) is 5.75 Å². The highest BCUT2D eigenvalue weighted by molar-refractivity contribution is 6.11. The van der Waals surface area contributed by atoms with Gasteiger partial charge in [0.2, 0.25) is 5.91 Å². The Labute approximate surface area is 174 Å². The molecule has 30 heavy (non-hydrogen) atoms. The number of hydrogen-bond donors (Lipinski definition) is 2. The van der Waals surface area contributed by atoms with Crippen LogP contribution >= 0.6 is 0 Å². The molecular weight excluding hydrogens is 389 g/mol. The van der Waals surface area contributed by atoms with Crippen molar-refractivity contribution < 1.29 is 23.5 Å². The van der Waals surface area contributed by atoms with E-state index in [9.17, 15) is 18.8 Å². The summed E-state index contributed by atoms with van der Waals surface area (Å²) >= 11 is 0. The highest BCUT2D eigenvalue weighted by Crippen LogP contribution is 2.26. The van der Waals surface area contributed by atoms with E-state index in [0.717, 1.165) is 16.2 Å². The van der Waals surface area contributed by atoms with Gasteiger partial charge in [0.1, 0.15) is 23.1 Å². The molecule has 0 aliphatic carbocycles. The zero-order chi connectivity index (χ0) is 21.9. The number of para-hydroxylation sites is 1. The molecular formula is C22H24FN3O4. The normalized spacial score (nSPS) is 19.4. The van der Waals surface area contributed by atoms with Crippen molar-refractivity contribution in [2.24, 2.45) is 0 Å². The number of hydrogen-bond acceptors (Lipinski definition) is 4. The van der Waals surface area contributed by atoms with E-state index < -0.39 is 35.2 Å². The number of imide groups is 1. The summed E-state index contributed by atoms with van der Waals surface area (Å²) in [6.07, 6.45) is 0.915. The van der Waals surface area contributed by atoms with Gasteiger partial charge in [-0.15, -0.1) is 0 Å². The molecule has 2 aromatic rings. The molecule has 0 radical (unpaired) electrons. The van der Waals surface area contributed by atoms with Crippen molar-refractivity contribution in [3.05, 3.63) is 59.9 Å². The van der Waals surface area contributed by atoms with Gasteiger partial charge in [-0.05, 0) is 56.5 Å². The third kappa shape index (κ3) is 4.27.